The number of methoxy groups -OCH3 is 1. The molecule has 2 rings (SSSR count). The molecule has 1 unspecified atom stereocenters. The molecule has 1 fully saturated rings. The first-order valence-corrected chi connectivity index (χ1v) is 7.75. The maximum absolute atomic E-state index is 6.28. The molecule has 0 radical (unpaired) electrons. The monoisotopic (exact) mass is 317 g/mol. The maximum Gasteiger partial charge on any atom is 0.147 e. The molecule has 0 spiro atoms. The first kappa shape index (κ1) is 15.8. The number of anilines is 1. The molecule has 2 heterocycles. The average Bonchev–Trinajstić information content (AvgIpc) is 2.44. The van der Waals surface area contributed by atoms with Crippen LogP contribution in [-0.4, -0.2) is 44.4 Å². The van der Waals surface area contributed by atoms with Gasteiger partial charge in [0.1, 0.15) is 5.82 Å². The summed E-state index contributed by atoms with van der Waals surface area (Å²) in [4.78, 5) is 6.70. The summed E-state index contributed by atoms with van der Waals surface area (Å²) in [6.45, 7) is 3.50. The molecular formula is C14H21Cl2N3O. The van der Waals surface area contributed by atoms with E-state index >= 15 is 0 Å². The van der Waals surface area contributed by atoms with Crippen LogP contribution in [0, 0.1) is 0 Å². The molecule has 1 saturated heterocycles. The maximum atomic E-state index is 6.28. The van der Waals surface area contributed by atoms with E-state index in [0.29, 0.717) is 16.1 Å². The Kier molecular flexibility index (Phi) is 6.36. The molecule has 1 atom stereocenters. The fraction of sp³-hybridized carbons (Fsp3) is 0.643. The lowest BCUT2D eigenvalue weighted by Crippen LogP contribution is -2.46. The van der Waals surface area contributed by atoms with Gasteiger partial charge in [-0.25, -0.2) is 4.98 Å². The van der Waals surface area contributed by atoms with E-state index in [0.717, 1.165) is 38.5 Å². The number of ether oxygens (including phenoxy) is 1. The number of halogens is 2. The van der Waals surface area contributed by atoms with E-state index in [2.05, 4.69) is 15.2 Å². The second-order valence-corrected chi connectivity index (χ2v) is 5.84. The zero-order valence-corrected chi connectivity index (χ0v) is 13.3. The summed E-state index contributed by atoms with van der Waals surface area (Å²) in [5, 5.41) is 4.62. The van der Waals surface area contributed by atoms with Gasteiger partial charge < -0.3 is 15.0 Å². The standard InChI is InChI=1S/C14H21Cl2N3O/c1-20-7-5-17-10-12-4-2-3-6-19(12)14-13(16)8-11(15)9-18-14/h8-9,12,17H,2-7,10H2,1H3. The Morgan fingerprint density at radius 1 is 1.45 bits per heavy atom. The largest absolute Gasteiger partial charge is 0.383 e. The van der Waals surface area contributed by atoms with Crippen LogP contribution in [0.1, 0.15) is 19.3 Å². The van der Waals surface area contributed by atoms with Gasteiger partial charge in [-0.3, -0.25) is 0 Å². The van der Waals surface area contributed by atoms with Gasteiger partial charge in [-0.05, 0) is 25.3 Å². The molecule has 1 N–H and O–H groups in total. The molecule has 0 aromatic carbocycles. The van der Waals surface area contributed by atoms with Gasteiger partial charge in [-0.1, -0.05) is 23.2 Å². The molecule has 1 aromatic heterocycles. The van der Waals surface area contributed by atoms with Crippen molar-refractivity contribution in [3.63, 3.8) is 0 Å². The highest BCUT2D eigenvalue weighted by Gasteiger charge is 2.24. The first-order valence-electron chi connectivity index (χ1n) is 6.99. The molecule has 6 heteroatoms. The molecular weight excluding hydrogens is 297 g/mol. The normalized spacial score (nSPS) is 19.4. The van der Waals surface area contributed by atoms with Gasteiger partial charge in [-0.2, -0.15) is 0 Å². The number of pyridine rings is 1. The van der Waals surface area contributed by atoms with E-state index in [1.807, 2.05) is 0 Å². The predicted molar refractivity (Wildman–Crippen MR) is 84.0 cm³/mol. The van der Waals surface area contributed by atoms with Crippen LogP contribution in [0.15, 0.2) is 12.3 Å². The highest BCUT2D eigenvalue weighted by molar-refractivity contribution is 6.36. The summed E-state index contributed by atoms with van der Waals surface area (Å²) >= 11 is 12.2. The second kappa shape index (κ2) is 8.03. The third-order valence-electron chi connectivity index (χ3n) is 3.55. The SMILES string of the molecule is COCCNCC1CCCCN1c1ncc(Cl)cc1Cl. The lowest BCUT2D eigenvalue weighted by atomic mass is 10.0. The van der Waals surface area contributed by atoms with Crippen LogP contribution >= 0.6 is 23.2 Å². The zero-order valence-electron chi connectivity index (χ0n) is 11.7. The van der Waals surface area contributed by atoms with Gasteiger partial charge in [0.05, 0.1) is 16.7 Å². The van der Waals surface area contributed by atoms with Crippen molar-refractivity contribution in [3.8, 4) is 0 Å². The van der Waals surface area contributed by atoms with Crippen molar-refractivity contribution in [2.24, 2.45) is 0 Å². The van der Waals surface area contributed by atoms with Crippen LogP contribution in [0.2, 0.25) is 10.0 Å². The Balaban J connectivity index is 2.02. The quantitative estimate of drug-likeness (QED) is 0.818. The molecule has 0 amide bonds. The number of nitrogens with zero attached hydrogens (tertiary/aromatic N) is 2. The van der Waals surface area contributed by atoms with Crippen molar-refractivity contribution in [2.75, 3.05) is 38.3 Å². The number of aromatic nitrogens is 1. The van der Waals surface area contributed by atoms with Crippen LogP contribution in [0.5, 0.6) is 0 Å². The van der Waals surface area contributed by atoms with E-state index in [9.17, 15) is 0 Å². The van der Waals surface area contributed by atoms with Gasteiger partial charge >= 0.3 is 0 Å². The summed E-state index contributed by atoms with van der Waals surface area (Å²) in [6, 6.07) is 2.18. The van der Waals surface area contributed by atoms with E-state index in [4.69, 9.17) is 27.9 Å². The lowest BCUT2D eigenvalue weighted by molar-refractivity contribution is 0.198. The Bertz CT molecular complexity index is 431. The molecule has 0 aliphatic carbocycles. The van der Waals surface area contributed by atoms with Crippen LogP contribution in [-0.2, 0) is 4.74 Å². The molecule has 4 nitrogen and oxygen atoms in total. The summed E-state index contributed by atoms with van der Waals surface area (Å²) in [6.07, 6.45) is 5.24. The fourth-order valence-corrected chi connectivity index (χ4v) is 3.04. The fourth-order valence-electron chi connectivity index (χ4n) is 2.55. The Morgan fingerprint density at radius 2 is 2.30 bits per heavy atom. The van der Waals surface area contributed by atoms with Crippen LogP contribution < -0.4 is 10.2 Å². The van der Waals surface area contributed by atoms with E-state index in [1.165, 1.54) is 12.8 Å². The van der Waals surface area contributed by atoms with E-state index < -0.39 is 0 Å². The highest BCUT2D eigenvalue weighted by Crippen LogP contribution is 2.30. The topological polar surface area (TPSA) is 37.4 Å². The van der Waals surface area contributed by atoms with E-state index in [-0.39, 0.29) is 0 Å². The average molecular weight is 318 g/mol. The minimum Gasteiger partial charge on any atom is -0.383 e. The predicted octanol–water partition coefficient (Wildman–Crippen LogP) is 2.98. The van der Waals surface area contributed by atoms with Gasteiger partial charge in [0.15, 0.2) is 0 Å². The van der Waals surface area contributed by atoms with Crippen LogP contribution in [0.25, 0.3) is 0 Å². The first-order chi connectivity index (χ1) is 9.72. The Hall–Kier alpha value is -0.550. The number of hydrogen-bond donors (Lipinski definition) is 1. The summed E-state index contributed by atoms with van der Waals surface area (Å²) in [5.41, 5.74) is 0. The lowest BCUT2D eigenvalue weighted by Gasteiger charge is -2.37. The molecule has 112 valence electrons. The summed E-state index contributed by atoms with van der Waals surface area (Å²) in [7, 11) is 1.71. The third-order valence-corrected chi connectivity index (χ3v) is 4.04. The molecule has 0 bridgehead atoms. The summed E-state index contributed by atoms with van der Waals surface area (Å²) in [5.74, 6) is 0.842. The number of piperidine rings is 1. The molecule has 1 aromatic rings. The Labute approximate surface area is 130 Å². The number of nitrogens with one attached hydrogen (secondary N) is 1. The second-order valence-electron chi connectivity index (χ2n) is 5.00. The van der Waals surface area contributed by atoms with Crippen LogP contribution in [0.4, 0.5) is 5.82 Å². The zero-order chi connectivity index (χ0) is 14.4. The number of rotatable bonds is 6. The number of hydrogen-bond acceptors (Lipinski definition) is 4. The van der Waals surface area contributed by atoms with Crippen LogP contribution in [0.3, 0.4) is 0 Å². The molecule has 20 heavy (non-hydrogen) atoms. The molecule has 0 saturated carbocycles. The molecule has 1 aliphatic rings. The van der Waals surface area contributed by atoms with Crippen molar-refractivity contribution in [1.82, 2.24) is 10.3 Å². The van der Waals surface area contributed by atoms with Crippen molar-refractivity contribution >= 4 is 29.0 Å². The minimum atomic E-state index is 0.423. The van der Waals surface area contributed by atoms with Gasteiger partial charge in [0, 0.05) is 39.0 Å². The van der Waals surface area contributed by atoms with Crippen molar-refractivity contribution in [1.29, 1.82) is 0 Å². The Morgan fingerprint density at radius 3 is 3.05 bits per heavy atom. The third kappa shape index (κ3) is 4.22. The van der Waals surface area contributed by atoms with Gasteiger partial charge in [0.2, 0.25) is 0 Å². The van der Waals surface area contributed by atoms with Crippen molar-refractivity contribution in [3.05, 3.63) is 22.3 Å². The van der Waals surface area contributed by atoms with Gasteiger partial charge in [0.25, 0.3) is 0 Å². The van der Waals surface area contributed by atoms with E-state index in [1.54, 1.807) is 19.4 Å². The summed E-state index contributed by atoms with van der Waals surface area (Å²) < 4.78 is 5.05. The van der Waals surface area contributed by atoms with Crippen molar-refractivity contribution < 1.29 is 4.74 Å². The highest BCUT2D eigenvalue weighted by atomic mass is 35.5. The molecule has 1 aliphatic heterocycles. The van der Waals surface area contributed by atoms with Crippen molar-refractivity contribution in [2.45, 2.75) is 25.3 Å². The minimum absolute atomic E-state index is 0.423. The van der Waals surface area contributed by atoms with Gasteiger partial charge in [-0.15, -0.1) is 0 Å². The smallest absolute Gasteiger partial charge is 0.147 e.